The van der Waals surface area contributed by atoms with Crippen molar-refractivity contribution in [2.24, 2.45) is 10.9 Å². The average molecular weight is 284 g/mol. The van der Waals surface area contributed by atoms with E-state index in [0.29, 0.717) is 19.1 Å². The molecule has 1 amide bonds. The molecule has 0 saturated carbocycles. The minimum Gasteiger partial charge on any atom is -0.383 e. The van der Waals surface area contributed by atoms with E-state index in [2.05, 4.69) is 22.1 Å². The summed E-state index contributed by atoms with van der Waals surface area (Å²) in [4.78, 5) is 19.9. The van der Waals surface area contributed by atoms with Gasteiger partial charge in [0.1, 0.15) is 6.54 Å². The summed E-state index contributed by atoms with van der Waals surface area (Å²) in [6, 6.07) is 0. The van der Waals surface area contributed by atoms with Crippen molar-refractivity contribution in [3.63, 3.8) is 0 Å². The Hall–Kier alpha value is -1.30. The number of methoxy groups -OCH3 is 1. The second kappa shape index (κ2) is 8.79. The van der Waals surface area contributed by atoms with Gasteiger partial charge >= 0.3 is 0 Å². The van der Waals surface area contributed by atoms with Crippen LogP contribution in [0.25, 0.3) is 0 Å². The molecular weight excluding hydrogens is 256 g/mol. The summed E-state index contributed by atoms with van der Waals surface area (Å²) in [5.74, 6) is 1.51. The number of amides is 1. The lowest BCUT2D eigenvalue weighted by molar-refractivity contribution is -0.127. The topological polar surface area (TPSA) is 57.2 Å². The molecule has 6 nitrogen and oxygen atoms in total. The van der Waals surface area contributed by atoms with Crippen molar-refractivity contribution in [2.45, 2.75) is 19.8 Å². The Labute approximate surface area is 122 Å². The van der Waals surface area contributed by atoms with Crippen LogP contribution in [-0.2, 0) is 9.53 Å². The van der Waals surface area contributed by atoms with Crippen LogP contribution < -0.4 is 5.32 Å². The van der Waals surface area contributed by atoms with Crippen LogP contribution in [0.2, 0.25) is 0 Å². The first-order valence-electron chi connectivity index (χ1n) is 7.27. The molecule has 0 aromatic carbocycles. The van der Waals surface area contributed by atoms with Crippen molar-refractivity contribution < 1.29 is 9.53 Å². The molecule has 0 aliphatic carbocycles. The number of carbonyl (C=O) groups excluding carboxylic acids is 1. The van der Waals surface area contributed by atoms with E-state index < -0.39 is 0 Å². The van der Waals surface area contributed by atoms with Gasteiger partial charge in [-0.1, -0.05) is 6.92 Å². The second-order valence-electron chi connectivity index (χ2n) is 5.54. The maximum absolute atomic E-state index is 11.7. The summed E-state index contributed by atoms with van der Waals surface area (Å²) < 4.78 is 5.05. The van der Waals surface area contributed by atoms with Crippen LogP contribution in [0.3, 0.4) is 0 Å². The van der Waals surface area contributed by atoms with E-state index in [1.54, 1.807) is 26.1 Å². The number of hydrogen-bond donors (Lipinski definition) is 1. The molecule has 6 heteroatoms. The number of likely N-dealkylation sites (N-methyl/N-ethyl adjacent to an activating group) is 1. The first kappa shape index (κ1) is 16.8. The van der Waals surface area contributed by atoms with E-state index in [9.17, 15) is 4.79 Å². The SMILES string of the molecule is COCCNC(=NCC(=O)N(C)C)N1CCCC(C)C1. The predicted molar refractivity (Wildman–Crippen MR) is 80.8 cm³/mol. The summed E-state index contributed by atoms with van der Waals surface area (Å²) in [5.41, 5.74) is 0. The third-order valence-corrected chi connectivity index (χ3v) is 3.41. The van der Waals surface area contributed by atoms with Gasteiger partial charge in [0.25, 0.3) is 0 Å². The van der Waals surface area contributed by atoms with Crippen LogP contribution in [0.1, 0.15) is 19.8 Å². The van der Waals surface area contributed by atoms with Gasteiger partial charge in [0.15, 0.2) is 5.96 Å². The maximum Gasteiger partial charge on any atom is 0.243 e. The molecule has 0 aromatic heterocycles. The summed E-state index contributed by atoms with van der Waals surface area (Å²) in [6.45, 7) is 5.77. The molecule has 1 aliphatic rings. The Bertz CT molecular complexity index is 331. The number of guanidine groups is 1. The van der Waals surface area contributed by atoms with Crippen LogP contribution in [0, 0.1) is 5.92 Å². The number of carbonyl (C=O) groups is 1. The van der Waals surface area contributed by atoms with E-state index in [4.69, 9.17) is 4.74 Å². The van der Waals surface area contributed by atoms with Crippen molar-refractivity contribution in [1.29, 1.82) is 0 Å². The van der Waals surface area contributed by atoms with Gasteiger partial charge < -0.3 is 19.9 Å². The summed E-state index contributed by atoms with van der Waals surface area (Å²) >= 11 is 0. The highest BCUT2D eigenvalue weighted by molar-refractivity contribution is 5.84. The zero-order chi connectivity index (χ0) is 15.0. The first-order valence-corrected chi connectivity index (χ1v) is 7.27. The fourth-order valence-electron chi connectivity index (χ4n) is 2.20. The van der Waals surface area contributed by atoms with Crippen molar-refractivity contribution in [3.05, 3.63) is 0 Å². The maximum atomic E-state index is 11.7. The van der Waals surface area contributed by atoms with Crippen molar-refractivity contribution in [3.8, 4) is 0 Å². The molecule has 1 unspecified atom stereocenters. The molecule has 1 aliphatic heterocycles. The predicted octanol–water partition coefficient (Wildman–Crippen LogP) is 0.399. The zero-order valence-corrected chi connectivity index (χ0v) is 13.2. The molecular formula is C14H28N4O2. The summed E-state index contributed by atoms with van der Waals surface area (Å²) in [7, 11) is 5.18. The molecule has 0 aromatic rings. The van der Waals surface area contributed by atoms with Gasteiger partial charge in [-0.2, -0.15) is 0 Å². The van der Waals surface area contributed by atoms with Gasteiger partial charge in [0.05, 0.1) is 6.61 Å². The number of nitrogens with zero attached hydrogens (tertiary/aromatic N) is 3. The summed E-state index contributed by atoms with van der Waals surface area (Å²) in [6.07, 6.45) is 2.44. The van der Waals surface area contributed by atoms with Gasteiger partial charge in [-0.3, -0.25) is 4.79 Å². The average Bonchev–Trinajstić information content (AvgIpc) is 2.42. The molecule has 1 fully saturated rings. The smallest absolute Gasteiger partial charge is 0.243 e. The van der Waals surface area contributed by atoms with Crippen LogP contribution in [-0.4, -0.2) is 75.7 Å². The summed E-state index contributed by atoms with van der Waals surface area (Å²) in [5, 5.41) is 3.29. The number of nitrogens with one attached hydrogen (secondary N) is 1. The Balaban J connectivity index is 2.62. The molecule has 0 bridgehead atoms. The van der Waals surface area contributed by atoms with Crippen molar-refractivity contribution in [2.75, 3.05) is 54.0 Å². The van der Waals surface area contributed by atoms with Crippen LogP contribution in [0.5, 0.6) is 0 Å². The molecule has 1 saturated heterocycles. The van der Waals surface area contributed by atoms with Crippen LogP contribution >= 0.6 is 0 Å². The number of ether oxygens (including phenoxy) is 1. The van der Waals surface area contributed by atoms with E-state index in [1.807, 2.05) is 0 Å². The fraction of sp³-hybridized carbons (Fsp3) is 0.857. The quantitative estimate of drug-likeness (QED) is 0.451. The molecule has 1 N–H and O–H groups in total. The molecule has 1 heterocycles. The van der Waals surface area contributed by atoms with Gasteiger partial charge in [-0.05, 0) is 18.8 Å². The van der Waals surface area contributed by atoms with Gasteiger partial charge in [-0.25, -0.2) is 4.99 Å². The van der Waals surface area contributed by atoms with E-state index in [1.165, 1.54) is 12.8 Å². The molecule has 1 rings (SSSR count). The molecule has 0 spiro atoms. The lowest BCUT2D eigenvalue weighted by Crippen LogP contribution is -2.47. The monoisotopic (exact) mass is 284 g/mol. The highest BCUT2D eigenvalue weighted by Crippen LogP contribution is 2.15. The number of aliphatic imine (C=N–C) groups is 1. The largest absolute Gasteiger partial charge is 0.383 e. The number of likely N-dealkylation sites (tertiary alicyclic amines) is 1. The minimum absolute atomic E-state index is 0.0149. The van der Waals surface area contributed by atoms with Crippen molar-refractivity contribution >= 4 is 11.9 Å². The van der Waals surface area contributed by atoms with Gasteiger partial charge in [0.2, 0.25) is 5.91 Å². The molecule has 116 valence electrons. The van der Waals surface area contributed by atoms with Crippen LogP contribution in [0.15, 0.2) is 4.99 Å². The molecule has 1 atom stereocenters. The van der Waals surface area contributed by atoms with Gasteiger partial charge in [-0.15, -0.1) is 0 Å². The zero-order valence-electron chi connectivity index (χ0n) is 13.2. The second-order valence-corrected chi connectivity index (χ2v) is 5.54. The lowest BCUT2D eigenvalue weighted by Gasteiger charge is -2.33. The number of rotatable bonds is 5. The number of piperidine rings is 1. The standard InChI is InChI=1S/C14H28N4O2/c1-12-6-5-8-18(11-12)14(15-7-9-20-4)16-10-13(19)17(2)3/h12H,5-11H2,1-4H3,(H,15,16). The normalized spacial score (nSPS) is 19.9. The third kappa shape index (κ3) is 5.77. The Morgan fingerprint density at radius 1 is 1.50 bits per heavy atom. The van der Waals surface area contributed by atoms with Crippen molar-refractivity contribution in [1.82, 2.24) is 15.1 Å². The molecule has 0 radical (unpaired) electrons. The Kier molecular flexibility index (Phi) is 7.36. The van der Waals surface area contributed by atoms with Crippen LogP contribution in [0.4, 0.5) is 0 Å². The first-order chi connectivity index (χ1) is 9.54. The third-order valence-electron chi connectivity index (χ3n) is 3.41. The fourth-order valence-corrected chi connectivity index (χ4v) is 2.20. The number of hydrogen-bond acceptors (Lipinski definition) is 3. The van der Waals surface area contributed by atoms with E-state index >= 15 is 0 Å². The van der Waals surface area contributed by atoms with Gasteiger partial charge in [0, 0.05) is 40.8 Å². The Morgan fingerprint density at radius 2 is 2.25 bits per heavy atom. The molecule has 20 heavy (non-hydrogen) atoms. The Morgan fingerprint density at radius 3 is 2.85 bits per heavy atom. The minimum atomic E-state index is 0.0149. The highest BCUT2D eigenvalue weighted by atomic mass is 16.5. The van der Waals surface area contributed by atoms with E-state index in [-0.39, 0.29) is 12.5 Å². The highest BCUT2D eigenvalue weighted by Gasteiger charge is 2.19. The van der Waals surface area contributed by atoms with E-state index in [0.717, 1.165) is 19.0 Å². The lowest BCUT2D eigenvalue weighted by atomic mass is 10.0.